The number of hydrogen-bond acceptors (Lipinski definition) is 2. The predicted octanol–water partition coefficient (Wildman–Crippen LogP) is 2.33. The maximum absolute atomic E-state index is 12.6. The Bertz CT molecular complexity index is 271. The summed E-state index contributed by atoms with van der Waals surface area (Å²) >= 11 is 0. The molecular formula is C14H25NO2. The van der Waals surface area contributed by atoms with Gasteiger partial charge in [0.15, 0.2) is 0 Å². The second-order valence-electron chi connectivity index (χ2n) is 5.93. The van der Waals surface area contributed by atoms with Crippen molar-refractivity contribution in [2.45, 2.75) is 64.3 Å². The van der Waals surface area contributed by atoms with Crippen molar-refractivity contribution in [1.82, 2.24) is 4.90 Å². The lowest BCUT2D eigenvalue weighted by Crippen LogP contribution is -2.43. The Balaban J connectivity index is 1.97. The van der Waals surface area contributed by atoms with Crippen molar-refractivity contribution in [2.24, 2.45) is 5.41 Å². The molecule has 0 radical (unpaired) electrons. The fraction of sp³-hybridized carbons (Fsp3) is 0.929. The molecule has 1 N–H and O–H groups in total. The molecule has 1 amide bonds. The zero-order valence-electron chi connectivity index (χ0n) is 11.0. The van der Waals surface area contributed by atoms with Crippen molar-refractivity contribution in [3.63, 3.8) is 0 Å². The van der Waals surface area contributed by atoms with E-state index in [1.165, 1.54) is 12.8 Å². The van der Waals surface area contributed by atoms with Crippen LogP contribution in [0.4, 0.5) is 0 Å². The molecule has 2 rings (SSSR count). The van der Waals surface area contributed by atoms with Gasteiger partial charge < -0.3 is 10.0 Å². The van der Waals surface area contributed by atoms with E-state index in [-0.39, 0.29) is 12.0 Å². The average molecular weight is 239 g/mol. The number of aliphatic hydroxyl groups excluding tert-OH is 1. The molecule has 0 bridgehead atoms. The molecular weight excluding hydrogens is 214 g/mol. The summed E-state index contributed by atoms with van der Waals surface area (Å²) in [4.78, 5) is 14.7. The summed E-state index contributed by atoms with van der Waals surface area (Å²) in [7, 11) is 0. The summed E-state index contributed by atoms with van der Waals surface area (Å²) in [5.74, 6) is 0.385. The minimum absolute atomic E-state index is 0.0815. The summed E-state index contributed by atoms with van der Waals surface area (Å²) in [5, 5.41) is 8.91. The van der Waals surface area contributed by atoms with Gasteiger partial charge in [0, 0.05) is 24.6 Å². The van der Waals surface area contributed by atoms with Gasteiger partial charge in [-0.05, 0) is 38.5 Å². The van der Waals surface area contributed by atoms with Gasteiger partial charge in [-0.1, -0.05) is 19.8 Å². The van der Waals surface area contributed by atoms with Gasteiger partial charge in [-0.25, -0.2) is 0 Å². The van der Waals surface area contributed by atoms with Crippen LogP contribution in [0, 0.1) is 5.41 Å². The summed E-state index contributed by atoms with van der Waals surface area (Å²) in [6, 6.07) is 0.395. The zero-order valence-corrected chi connectivity index (χ0v) is 11.0. The quantitative estimate of drug-likeness (QED) is 0.818. The molecule has 0 aromatic carbocycles. The number of carbonyl (C=O) groups is 1. The molecule has 98 valence electrons. The van der Waals surface area contributed by atoms with Crippen LogP contribution in [0.1, 0.15) is 58.3 Å². The van der Waals surface area contributed by atoms with Crippen molar-refractivity contribution in [1.29, 1.82) is 0 Å². The minimum atomic E-state index is -0.0815. The lowest BCUT2D eigenvalue weighted by Gasteiger charge is -2.33. The number of carbonyl (C=O) groups excluding carboxylic acids is 1. The van der Waals surface area contributed by atoms with Crippen molar-refractivity contribution in [2.75, 3.05) is 13.2 Å². The third kappa shape index (κ3) is 2.65. The van der Waals surface area contributed by atoms with Gasteiger partial charge in [-0.2, -0.15) is 0 Å². The predicted molar refractivity (Wildman–Crippen MR) is 67.6 cm³/mol. The maximum atomic E-state index is 12.6. The van der Waals surface area contributed by atoms with E-state index in [4.69, 9.17) is 5.11 Å². The second kappa shape index (κ2) is 5.38. The lowest BCUT2D eigenvalue weighted by atomic mass is 9.86. The van der Waals surface area contributed by atoms with Crippen LogP contribution < -0.4 is 0 Å². The molecule has 0 aromatic heterocycles. The molecule has 1 saturated heterocycles. The average Bonchev–Trinajstić information content (AvgIpc) is 2.95. The Morgan fingerprint density at radius 1 is 1.35 bits per heavy atom. The molecule has 0 aromatic rings. The molecule has 1 unspecified atom stereocenters. The van der Waals surface area contributed by atoms with E-state index in [1.54, 1.807) is 0 Å². The molecule has 2 aliphatic rings. The van der Waals surface area contributed by atoms with E-state index in [2.05, 4.69) is 11.8 Å². The number of hydrogen-bond donors (Lipinski definition) is 1. The first-order valence-corrected chi connectivity index (χ1v) is 7.09. The van der Waals surface area contributed by atoms with E-state index in [9.17, 15) is 4.79 Å². The second-order valence-corrected chi connectivity index (χ2v) is 5.93. The van der Waals surface area contributed by atoms with E-state index in [0.29, 0.717) is 11.9 Å². The molecule has 0 spiro atoms. The van der Waals surface area contributed by atoms with Crippen LogP contribution in [-0.4, -0.2) is 35.1 Å². The fourth-order valence-corrected chi connectivity index (χ4v) is 3.45. The maximum Gasteiger partial charge on any atom is 0.228 e. The largest absolute Gasteiger partial charge is 0.396 e. The number of nitrogens with zero attached hydrogens (tertiary/aromatic N) is 1. The highest BCUT2D eigenvalue weighted by atomic mass is 16.3. The zero-order chi connectivity index (χ0) is 12.3. The van der Waals surface area contributed by atoms with Gasteiger partial charge in [0.2, 0.25) is 5.91 Å². The van der Waals surface area contributed by atoms with Gasteiger partial charge in [-0.15, -0.1) is 0 Å². The molecule has 1 saturated carbocycles. The number of likely N-dealkylation sites (tertiary alicyclic amines) is 1. The molecule has 3 nitrogen and oxygen atoms in total. The van der Waals surface area contributed by atoms with Crippen LogP contribution in [-0.2, 0) is 4.79 Å². The Hall–Kier alpha value is -0.570. The molecule has 1 heterocycles. The fourth-order valence-electron chi connectivity index (χ4n) is 3.45. The van der Waals surface area contributed by atoms with E-state index < -0.39 is 0 Å². The summed E-state index contributed by atoms with van der Waals surface area (Å²) in [5.41, 5.74) is -0.0815. The normalized spacial score (nSPS) is 27.6. The van der Waals surface area contributed by atoms with E-state index in [1.807, 2.05) is 0 Å². The molecule has 1 aliphatic heterocycles. The Kier molecular flexibility index (Phi) is 4.08. The van der Waals surface area contributed by atoms with Crippen LogP contribution in [0.2, 0.25) is 0 Å². The smallest absolute Gasteiger partial charge is 0.228 e. The first kappa shape index (κ1) is 12.9. The van der Waals surface area contributed by atoms with Crippen molar-refractivity contribution < 1.29 is 9.90 Å². The number of rotatable bonds is 4. The lowest BCUT2D eigenvalue weighted by molar-refractivity contribution is -0.142. The van der Waals surface area contributed by atoms with Gasteiger partial charge in [0.25, 0.3) is 0 Å². The SMILES string of the molecule is CC1(C(=O)N2CCCC2CCCO)CCCC1. The third-order valence-corrected chi connectivity index (χ3v) is 4.56. The molecule has 2 fully saturated rings. The standard InChI is InChI=1S/C14H25NO2/c1-14(8-2-3-9-14)13(17)15-10-4-6-12(15)7-5-11-16/h12,16H,2-11H2,1H3. The first-order chi connectivity index (χ1) is 8.17. The van der Waals surface area contributed by atoms with Gasteiger partial charge in [0.1, 0.15) is 0 Å². The van der Waals surface area contributed by atoms with E-state index in [0.717, 1.165) is 45.1 Å². The highest BCUT2D eigenvalue weighted by molar-refractivity contribution is 5.83. The van der Waals surface area contributed by atoms with Gasteiger partial charge in [0.05, 0.1) is 0 Å². The van der Waals surface area contributed by atoms with Crippen molar-refractivity contribution in [3.05, 3.63) is 0 Å². The number of aliphatic hydroxyl groups is 1. The molecule has 17 heavy (non-hydrogen) atoms. The van der Waals surface area contributed by atoms with Crippen molar-refractivity contribution in [3.8, 4) is 0 Å². The highest BCUT2D eigenvalue weighted by Crippen LogP contribution is 2.40. The Morgan fingerprint density at radius 2 is 2.06 bits per heavy atom. The summed E-state index contributed by atoms with van der Waals surface area (Å²) in [6.07, 6.45) is 8.60. The van der Waals surface area contributed by atoms with E-state index >= 15 is 0 Å². The van der Waals surface area contributed by atoms with Crippen LogP contribution in [0.15, 0.2) is 0 Å². The van der Waals surface area contributed by atoms with Crippen LogP contribution in [0.25, 0.3) is 0 Å². The molecule has 1 aliphatic carbocycles. The monoisotopic (exact) mass is 239 g/mol. The topological polar surface area (TPSA) is 40.5 Å². The van der Waals surface area contributed by atoms with Crippen LogP contribution in [0.5, 0.6) is 0 Å². The van der Waals surface area contributed by atoms with Crippen LogP contribution >= 0.6 is 0 Å². The minimum Gasteiger partial charge on any atom is -0.396 e. The third-order valence-electron chi connectivity index (χ3n) is 4.56. The number of amides is 1. The Morgan fingerprint density at radius 3 is 2.71 bits per heavy atom. The van der Waals surface area contributed by atoms with Crippen LogP contribution in [0.3, 0.4) is 0 Å². The summed E-state index contributed by atoms with van der Waals surface area (Å²) in [6.45, 7) is 3.32. The van der Waals surface area contributed by atoms with Gasteiger partial charge in [-0.3, -0.25) is 4.79 Å². The highest BCUT2D eigenvalue weighted by Gasteiger charge is 2.42. The van der Waals surface area contributed by atoms with Crippen molar-refractivity contribution >= 4 is 5.91 Å². The summed E-state index contributed by atoms with van der Waals surface area (Å²) < 4.78 is 0. The van der Waals surface area contributed by atoms with Gasteiger partial charge >= 0.3 is 0 Å². The molecule has 3 heteroatoms. The molecule has 1 atom stereocenters. The first-order valence-electron chi connectivity index (χ1n) is 7.09. The Labute approximate surface area is 104 Å².